The number of aliphatic imine (C=N–C) groups is 2. The van der Waals surface area contributed by atoms with Crippen LogP contribution in [0.25, 0.3) is 5.57 Å². The first kappa shape index (κ1) is 25.3. The average Bonchev–Trinajstić information content (AvgIpc) is 3.47. The molecule has 0 spiro atoms. The lowest BCUT2D eigenvalue weighted by Gasteiger charge is -2.22. The van der Waals surface area contributed by atoms with Crippen molar-refractivity contribution < 1.29 is 0 Å². The van der Waals surface area contributed by atoms with Crippen LogP contribution in [0, 0.1) is 5.92 Å². The fraction of sp³-hybridized carbons (Fsp3) is 0.464. The molecule has 2 aliphatic carbocycles. The lowest BCUT2D eigenvalue weighted by molar-refractivity contribution is 0.465. The lowest BCUT2D eigenvalue weighted by atomic mass is 9.85. The molecule has 0 aliphatic heterocycles. The van der Waals surface area contributed by atoms with Crippen LogP contribution < -0.4 is 5.30 Å². The zero-order valence-electron chi connectivity index (χ0n) is 20.9. The molecule has 1 fully saturated rings. The van der Waals surface area contributed by atoms with E-state index < -0.39 is 0 Å². The van der Waals surface area contributed by atoms with E-state index in [1.165, 1.54) is 47.8 Å². The zero-order valence-corrected chi connectivity index (χ0v) is 21.9. The smallest absolute Gasteiger partial charge is 0.0965 e. The first-order valence-corrected chi connectivity index (χ1v) is 13.2. The number of hydrogen-bond acceptors (Lipinski definition) is 3. The Kier molecular flexibility index (Phi) is 9.38. The first-order valence-electron chi connectivity index (χ1n) is 12.2. The highest BCUT2D eigenvalue weighted by molar-refractivity contribution is 7.52. The summed E-state index contributed by atoms with van der Waals surface area (Å²) in [6.07, 6.45) is 21.7. The maximum Gasteiger partial charge on any atom is 0.0965 e. The van der Waals surface area contributed by atoms with Crippen molar-refractivity contribution >= 4 is 31.9 Å². The van der Waals surface area contributed by atoms with Crippen LogP contribution in [-0.2, 0) is 0 Å². The molecule has 2 atom stereocenters. The summed E-state index contributed by atoms with van der Waals surface area (Å²) in [6, 6.07) is 0.523. The maximum atomic E-state index is 5.23. The van der Waals surface area contributed by atoms with Crippen molar-refractivity contribution in [1.29, 1.82) is 0 Å². The van der Waals surface area contributed by atoms with E-state index >= 15 is 0 Å². The number of nitrogens with zero attached hydrogens (tertiary/aromatic N) is 4. The third-order valence-electron chi connectivity index (χ3n) is 6.52. The van der Waals surface area contributed by atoms with Gasteiger partial charge >= 0.3 is 0 Å². The van der Waals surface area contributed by atoms with Gasteiger partial charge in [-0.1, -0.05) is 60.1 Å². The predicted molar refractivity (Wildman–Crippen MR) is 147 cm³/mol. The van der Waals surface area contributed by atoms with Crippen molar-refractivity contribution in [3.63, 3.8) is 0 Å². The molecule has 0 radical (unpaired) electrons. The fourth-order valence-corrected chi connectivity index (χ4v) is 5.93. The van der Waals surface area contributed by atoms with Gasteiger partial charge in [0, 0.05) is 42.2 Å². The van der Waals surface area contributed by atoms with Crippen LogP contribution in [0.2, 0.25) is 0 Å². The molecule has 0 aromatic carbocycles. The van der Waals surface area contributed by atoms with Gasteiger partial charge in [-0.3, -0.25) is 14.7 Å². The van der Waals surface area contributed by atoms with Gasteiger partial charge in [0.15, 0.2) is 0 Å². The maximum absolute atomic E-state index is 5.23. The van der Waals surface area contributed by atoms with Crippen LogP contribution in [0.1, 0.15) is 78.0 Å². The Labute approximate surface area is 201 Å². The van der Waals surface area contributed by atoms with Gasteiger partial charge in [-0.25, -0.2) is 0 Å². The Morgan fingerprint density at radius 1 is 1.33 bits per heavy atom. The number of aromatic nitrogens is 2. The molecule has 5 heteroatoms. The normalized spacial score (nSPS) is 21.1. The van der Waals surface area contributed by atoms with Crippen molar-refractivity contribution in [3.05, 3.63) is 64.9 Å². The molecule has 4 nitrogen and oxygen atoms in total. The first-order chi connectivity index (χ1) is 16.0. The lowest BCUT2D eigenvalue weighted by Crippen LogP contribution is -2.11. The Hall–Kier alpha value is -2.32. The largest absolute Gasteiger partial charge is 0.296 e. The summed E-state index contributed by atoms with van der Waals surface area (Å²) in [5, 5.41) is 7.58. The van der Waals surface area contributed by atoms with Gasteiger partial charge < -0.3 is 0 Å². The van der Waals surface area contributed by atoms with Crippen LogP contribution in [0.3, 0.4) is 0 Å². The summed E-state index contributed by atoms with van der Waals surface area (Å²) in [5.74, 6) is 0.480. The van der Waals surface area contributed by atoms with Crippen LogP contribution in [0.15, 0.2) is 69.2 Å². The standard InChI is InChI=1S/C28H39N4P/c1-7-9-17-30-21(4)25(18-29-6)22(5)33-26-19-32(24-15-10-11-16-24)31-28(26)27-20(3)13-12-14-23(27)8-2/h7,9,12,14,17-20,24,33H,5,8,10-11,13,15-16H2,1-4,6H3/b9-7-,25-21-,29-18-,30-17-. The molecule has 1 aromatic heterocycles. The van der Waals surface area contributed by atoms with E-state index in [1.54, 1.807) is 7.05 Å². The summed E-state index contributed by atoms with van der Waals surface area (Å²) in [4.78, 5) is 8.89. The van der Waals surface area contributed by atoms with E-state index in [2.05, 4.69) is 53.4 Å². The van der Waals surface area contributed by atoms with Crippen molar-refractivity contribution in [3.8, 4) is 0 Å². The van der Waals surface area contributed by atoms with E-state index in [4.69, 9.17) is 5.10 Å². The Morgan fingerprint density at radius 2 is 2.09 bits per heavy atom. The van der Waals surface area contributed by atoms with Crippen LogP contribution in [0.5, 0.6) is 0 Å². The van der Waals surface area contributed by atoms with Crippen LogP contribution >= 0.6 is 8.58 Å². The van der Waals surface area contributed by atoms with Gasteiger partial charge in [0.1, 0.15) is 0 Å². The SMILES string of the molecule is C=C(Pc1cn(C2CCCC2)nc1C1=C(CC)C=CCC1C)C(/C=N\C)=C(C)\N=C/C=C\C. The van der Waals surface area contributed by atoms with E-state index in [0.717, 1.165) is 29.4 Å². The number of allylic oxidation sites excluding steroid dienone is 9. The van der Waals surface area contributed by atoms with Gasteiger partial charge in [0.05, 0.1) is 11.7 Å². The molecule has 176 valence electrons. The van der Waals surface area contributed by atoms with E-state index in [-0.39, 0.29) is 0 Å². The highest BCUT2D eigenvalue weighted by Gasteiger charge is 2.26. The second-order valence-electron chi connectivity index (χ2n) is 8.94. The third-order valence-corrected chi connectivity index (χ3v) is 7.73. The molecule has 1 saturated carbocycles. The van der Waals surface area contributed by atoms with Crippen molar-refractivity contribution in [2.45, 2.75) is 72.3 Å². The molecule has 1 aromatic rings. The molecular formula is C28H39N4P. The molecule has 1 heterocycles. The molecule has 0 saturated heterocycles. The molecule has 33 heavy (non-hydrogen) atoms. The van der Waals surface area contributed by atoms with E-state index in [0.29, 0.717) is 20.5 Å². The highest BCUT2D eigenvalue weighted by Crippen LogP contribution is 2.39. The molecule has 3 rings (SSSR count). The molecule has 2 unspecified atom stereocenters. The average molecular weight is 463 g/mol. The van der Waals surface area contributed by atoms with E-state index in [1.807, 2.05) is 38.4 Å². The fourth-order valence-electron chi connectivity index (χ4n) is 4.73. The monoisotopic (exact) mass is 462 g/mol. The topological polar surface area (TPSA) is 42.5 Å². The van der Waals surface area contributed by atoms with Gasteiger partial charge in [0.25, 0.3) is 0 Å². The summed E-state index contributed by atoms with van der Waals surface area (Å²) in [6.45, 7) is 13.1. The second-order valence-corrected chi connectivity index (χ2v) is 10.3. The summed E-state index contributed by atoms with van der Waals surface area (Å²) in [5.41, 5.74) is 5.96. The minimum atomic E-state index is 0.430. The second kappa shape index (κ2) is 12.2. The molecular weight excluding hydrogens is 423 g/mol. The molecule has 0 bridgehead atoms. The van der Waals surface area contributed by atoms with Gasteiger partial charge in [-0.15, -0.1) is 0 Å². The van der Waals surface area contributed by atoms with Crippen molar-refractivity contribution in [2.75, 3.05) is 7.05 Å². The predicted octanol–water partition coefficient (Wildman–Crippen LogP) is 7.20. The van der Waals surface area contributed by atoms with Crippen molar-refractivity contribution in [2.24, 2.45) is 15.9 Å². The summed E-state index contributed by atoms with van der Waals surface area (Å²) >= 11 is 0. The summed E-state index contributed by atoms with van der Waals surface area (Å²) in [7, 11) is 2.23. The number of rotatable bonds is 9. The summed E-state index contributed by atoms with van der Waals surface area (Å²) < 4.78 is 2.26. The van der Waals surface area contributed by atoms with Gasteiger partial charge in [-0.05, 0) is 68.0 Å². The minimum Gasteiger partial charge on any atom is -0.296 e. The Morgan fingerprint density at radius 3 is 2.76 bits per heavy atom. The molecule has 2 aliphatic rings. The van der Waals surface area contributed by atoms with Crippen LogP contribution in [0.4, 0.5) is 0 Å². The quantitative estimate of drug-likeness (QED) is 0.217. The Bertz CT molecular complexity index is 1030. The van der Waals surface area contributed by atoms with Gasteiger partial charge in [-0.2, -0.15) is 5.10 Å². The van der Waals surface area contributed by atoms with Crippen LogP contribution in [-0.4, -0.2) is 29.3 Å². The molecule has 0 N–H and O–H groups in total. The Balaban J connectivity index is 2.04. The van der Waals surface area contributed by atoms with Crippen molar-refractivity contribution in [1.82, 2.24) is 9.78 Å². The van der Waals surface area contributed by atoms with Gasteiger partial charge in [0.2, 0.25) is 0 Å². The number of hydrogen-bond donors (Lipinski definition) is 0. The zero-order chi connectivity index (χ0) is 23.8. The molecule has 0 amide bonds. The third kappa shape index (κ3) is 6.18. The highest BCUT2D eigenvalue weighted by atomic mass is 31.1. The minimum absolute atomic E-state index is 0.430. The van der Waals surface area contributed by atoms with E-state index in [9.17, 15) is 0 Å².